The van der Waals surface area contributed by atoms with Gasteiger partial charge in [0.1, 0.15) is 5.01 Å². The summed E-state index contributed by atoms with van der Waals surface area (Å²) in [5.74, 6) is -0.167. The summed E-state index contributed by atoms with van der Waals surface area (Å²) in [6.45, 7) is 3.08. The summed E-state index contributed by atoms with van der Waals surface area (Å²) in [5.41, 5.74) is 1.66. The fourth-order valence-corrected chi connectivity index (χ4v) is 2.71. The van der Waals surface area contributed by atoms with Crippen LogP contribution in [0.5, 0.6) is 0 Å². The summed E-state index contributed by atoms with van der Waals surface area (Å²) in [6.07, 6.45) is 1.60. The van der Waals surface area contributed by atoms with Crippen molar-refractivity contribution in [1.29, 1.82) is 0 Å². The number of rotatable bonds is 4. The van der Waals surface area contributed by atoms with Gasteiger partial charge in [0.2, 0.25) is 11.0 Å². The van der Waals surface area contributed by atoms with Crippen molar-refractivity contribution in [3.63, 3.8) is 0 Å². The molecule has 0 atom stereocenters. The number of aryl methyl sites for hydroxylation is 1. The first-order valence-electron chi connectivity index (χ1n) is 6.58. The molecule has 21 heavy (non-hydrogen) atoms. The van der Waals surface area contributed by atoms with Crippen molar-refractivity contribution < 1.29 is 9.90 Å². The van der Waals surface area contributed by atoms with Crippen molar-refractivity contribution in [2.75, 3.05) is 23.3 Å². The third kappa shape index (κ3) is 3.34. The van der Waals surface area contributed by atoms with Gasteiger partial charge in [-0.1, -0.05) is 11.3 Å². The Hall–Kier alpha value is -2.06. The van der Waals surface area contributed by atoms with E-state index in [1.807, 2.05) is 24.0 Å². The Morgan fingerprint density at radius 2 is 2.33 bits per heavy atom. The van der Waals surface area contributed by atoms with E-state index in [1.54, 1.807) is 6.20 Å². The molecule has 1 amide bonds. The molecule has 1 aliphatic heterocycles. The van der Waals surface area contributed by atoms with Crippen LogP contribution in [0, 0.1) is 6.92 Å². The second kappa shape index (κ2) is 5.74. The fourth-order valence-electron chi connectivity index (χ4n) is 2.10. The highest BCUT2D eigenvalue weighted by molar-refractivity contribution is 7.15. The molecule has 0 spiro atoms. The van der Waals surface area contributed by atoms with Crippen molar-refractivity contribution in [1.82, 2.24) is 15.2 Å². The van der Waals surface area contributed by atoms with E-state index in [0.717, 1.165) is 10.7 Å². The molecule has 1 aliphatic rings. The molecule has 1 saturated heterocycles. The number of β-amino-alcohol motifs (C(OH)–C–C–N with tert-alkyl or cyclic N) is 1. The molecule has 2 aromatic rings. The van der Waals surface area contributed by atoms with E-state index in [2.05, 4.69) is 20.5 Å². The summed E-state index contributed by atoms with van der Waals surface area (Å²) in [4.78, 5) is 18.2. The molecule has 7 nitrogen and oxygen atoms in total. The Balaban J connectivity index is 1.61. The van der Waals surface area contributed by atoms with E-state index >= 15 is 0 Å². The predicted octanol–water partition coefficient (Wildman–Crippen LogP) is 0.604. The molecule has 0 saturated carbocycles. The Bertz CT molecular complexity index is 654. The first-order chi connectivity index (χ1) is 10.1. The van der Waals surface area contributed by atoms with Crippen molar-refractivity contribution in [2.45, 2.75) is 19.4 Å². The van der Waals surface area contributed by atoms with Crippen LogP contribution in [-0.4, -0.2) is 45.4 Å². The van der Waals surface area contributed by atoms with E-state index < -0.39 is 0 Å². The van der Waals surface area contributed by atoms with E-state index in [0.29, 0.717) is 23.9 Å². The first kappa shape index (κ1) is 13.9. The topological polar surface area (TPSA) is 91.2 Å². The SMILES string of the molecule is Cc1nnc(NC(=O)Cc2cc(N3CC(O)C3)ccn2)s1. The zero-order valence-corrected chi connectivity index (χ0v) is 12.3. The van der Waals surface area contributed by atoms with Gasteiger partial charge in [-0.15, -0.1) is 10.2 Å². The van der Waals surface area contributed by atoms with Crippen molar-refractivity contribution in [3.05, 3.63) is 29.0 Å². The zero-order valence-electron chi connectivity index (χ0n) is 11.5. The number of aliphatic hydroxyl groups is 1. The van der Waals surface area contributed by atoms with Gasteiger partial charge in [0.05, 0.1) is 18.2 Å². The standard InChI is InChI=1S/C13H15N5O2S/c1-8-16-17-13(21-8)15-12(20)5-9-4-10(2-3-14-9)18-6-11(19)7-18/h2-4,11,19H,5-7H2,1H3,(H,15,17,20). The molecule has 0 aromatic carbocycles. The highest BCUT2D eigenvalue weighted by Crippen LogP contribution is 2.21. The minimum absolute atomic E-state index is 0.167. The number of pyridine rings is 1. The molecule has 0 unspecified atom stereocenters. The van der Waals surface area contributed by atoms with Gasteiger partial charge >= 0.3 is 0 Å². The number of anilines is 2. The van der Waals surface area contributed by atoms with E-state index in [-0.39, 0.29) is 18.4 Å². The zero-order chi connectivity index (χ0) is 14.8. The quantitative estimate of drug-likeness (QED) is 0.860. The van der Waals surface area contributed by atoms with Gasteiger partial charge in [-0.3, -0.25) is 9.78 Å². The smallest absolute Gasteiger partial charge is 0.232 e. The summed E-state index contributed by atoms with van der Waals surface area (Å²) in [5, 5.41) is 21.0. The number of carbonyl (C=O) groups is 1. The fraction of sp³-hybridized carbons (Fsp3) is 0.385. The van der Waals surface area contributed by atoms with Gasteiger partial charge in [0.25, 0.3) is 0 Å². The Morgan fingerprint density at radius 3 is 3.00 bits per heavy atom. The summed E-state index contributed by atoms with van der Waals surface area (Å²) < 4.78 is 0. The molecule has 0 radical (unpaired) electrons. The molecule has 2 N–H and O–H groups in total. The molecule has 2 aromatic heterocycles. The number of hydrogen-bond acceptors (Lipinski definition) is 7. The minimum Gasteiger partial charge on any atom is -0.389 e. The average molecular weight is 305 g/mol. The number of amides is 1. The third-order valence-corrected chi connectivity index (χ3v) is 3.90. The molecule has 1 fully saturated rings. The Morgan fingerprint density at radius 1 is 1.52 bits per heavy atom. The lowest BCUT2D eigenvalue weighted by Gasteiger charge is -2.37. The van der Waals surface area contributed by atoms with Crippen LogP contribution in [0.3, 0.4) is 0 Å². The Labute approximate surface area is 125 Å². The van der Waals surface area contributed by atoms with Crippen molar-refractivity contribution in [2.24, 2.45) is 0 Å². The van der Waals surface area contributed by atoms with Crippen LogP contribution in [0.25, 0.3) is 0 Å². The minimum atomic E-state index is -0.259. The average Bonchev–Trinajstić information content (AvgIpc) is 2.80. The summed E-state index contributed by atoms with van der Waals surface area (Å²) >= 11 is 1.34. The van der Waals surface area contributed by atoms with Gasteiger partial charge < -0.3 is 15.3 Å². The third-order valence-electron chi connectivity index (χ3n) is 3.14. The predicted molar refractivity (Wildman–Crippen MR) is 79.4 cm³/mol. The number of nitrogens with one attached hydrogen (secondary N) is 1. The van der Waals surface area contributed by atoms with Crippen LogP contribution in [0.1, 0.15) is 10.7 Å². The normalized spacial score (nSPS) is 14.9. The van der Waals surface area contributed by atoms with Gasteiger partial charge in [-0.2, -0.15) is 0 Å². The molecule has 110 valence electrons. The summed E-state index contributed by atoms with van der Waals surface area (Å²) in [6, 6.07) is 3.75. The molecular weight excluding hydrogens is 290 g/mol. The maximum atomic E-state index is 11.9. The molecule has 0 bridgehead atoms. The van der Waals surface area contributed by atoms with Crippen molar-refractivity contribution >= 4 is 28.1 Å². The number of aliphatic hydroxyl groups excluding tert-OH is 1. The van der Waals surface area contributed by atoms with Crippen LogP contribution in [0.4, 0.5) is 10.8 Å². The lowest BCUT2D eigenvalue weighted by molar-refractivity contribution is -0.115. The number of hydrogen-bond donors (Lipinski definition) is 2. The van der Waals surface area contributed by atoms with Gasteiger partial charge in [-0.25, -0.2) is 0 Å². The van der Waals surface area contributed by atoms with Gasteiger partial charge in [-0.05, 0) is 19.1 Å². The highest BCUT2D eigenvalue weighted by Gasteiger charge is 2.24. The maximum Gasteiger partial charge on any atom is 0.232 e. The lowest BCUT2D eigenvalue weighted by atomic mass is 10.1. The number of nitrogens with zero attached hydrogens (tertiary/aromatic N) is 4. The van der Waals surface area contributed by atoms with Crippen LogP contribution >= 0.6 is 11.3 Å². The molecule has 3 heterocycles. The maximum absolute atomic E-state index is 11.9. The van der Waals surface area contributed by atoms with E-state index in [1.165, 1.54) is 11.3 Å². The van der Waals surface area contributed by atoms with Gasteiger partial charge in [0.15, 0.2) is 0 Å². The van der Waals surface area contributed by atoms with Crippen LogP contribution in [-0.2, 0) is 11.2 Å². The summed E-state index contributed by atoms with van der Waals surface area (Å²) in [7, 11) is 0. The monoisotopic (exact) mass is 305 g/mol. The first-order valence-corrected chi connectivity index (χ1v) is 7.40. The van der Waals surface area contributed by atoms with E-state index in [4.69, 9.17) is 0 Å². The molecule has 8 heteroatoms. The largest absolute Gasteiger partial charge is 0.389 e. The second-order valence-electron chi connectivity index (χ2n) is 4.92. The van der Waals surface area contributed by atoms with Crippen LogP contribution < -0.4 is 10.2 Å². The Kier molecular flexibility index (Phi) is 3.80. The van der Waals surface area contributed by atoms with E-state index in [9.17, 15) is 9.90 Å². The highest BCUT2D eigenvalue weighted by atomic mass is 32.1. The van der Waals surface area contributed by atoms with Gasteiger partial charge in [0, 0.05) is 25.0 Å². The van der Waals surface area contributed by atoms with Crippen LogP contribution in [0.15, 0.2) is 18.3 Å². The lowest BCUT2D eigenvalue weighted by Crippen LogP contribution is -2.50. The molecule has 3 rings (SSSR count). The number of aromatic nitrogens is 3. The van der Waals surface area contributed by atoms with Crippen LogP contribution in [0.2, 0.25) is 0 Å². The number of carbonyl (C=O) groups excluding carboxylic acids is 1. The molecule has 0 aliphatic carbocycles. The molecular formula is C13H15N5O2S. The second-order valence-corrected chi connectivity index (χ2v) is 6.10. The van der Waals surface area contributed by atoms with Crippen molar-refractivity contribution in [3.8, 4) is 0 Å².